The lowest BCUT2D eigenvalue weighted by Gasteiger charge is -2.59. The van der Waals surface area contributed by atoms with Gasteiger partial charge in [-0.2, -0.15) is 0 Å². The van der Waals surface area contributed by atoms with E-state index in [-0.39, 0.29) is 29.0 Å². The van der Waals surface area contributed by atoms with Crippen molar-refractivity contribution in [2.24, 2.45) is 28.6 Å². The minimum atomic E-state index is -1.44. The molecule has 4 fully saturated rings. The summed E-state index contributed by atoms with van der Waals surface area (Å²) in [5, 5.41) is 21.7. The van der Waals surface area contributed by atoms with E-state index in [0.717, 1.165) is 18.4 Å². The van der Waals surface area contributed by atoms with Gasteiger partial charge in [-0.05, 0) is 63.5 Å². The quantitative estimate of drug-likeness (QED) is 0.701. The molecule has 0 bridgehead atoms. The summed E-state index contributed by atoms with van der Waals surface area (Å²) in [5.41, 5.74) is -1.44. The van der Waals surface area contributed by atoms with Crippen LogP contribution in [-0.2, 0) is 19.1 Å². The largest absolute Gasteiger partial charge is 0.479 e. The van der Waals surface area contributed by atoms with Crippen molar-refractivity contribution in [3.05, 3.63) is 23.8 Å². The normalized spacial score (nSPS) is 52.2. The summed E-state index contributed by atoms with van der Waals surface area (Å²) < 4.78 is 12.3. The topological polar surface area (TPSA) is 93.1 Å². The highest BCUT2D eigenvalue weighted by Gasteiger charge is 2.77. The van der Waals surface area contributed by atoms with Crippen molar-refractivity contribution in [1.82, 2.24) is 0 Å². The maximum atomic E-state index is 12.6. The van der Waals surface area contributed by atoms with Crippen molar-refractivity contribution >= 4 is 11.8 Å². The number of aliphatic carboxylic acids is 1. The number of carboxylic acid groups (broad SMARTS) is 1. The van der Waals surface area contributed by atoms with E-state index in [1.165, 1.54) is 0 Å². The van der Waals surface area contributed by atoms with Gasteiger partial charge in [0.05, 0.1) is 6.10 Å². The fraction of sp³-hybridized carbons (Fsp3) is 0.739. The molecule has 6 nitrogen and oxygen atoms in total. The Hall–Kier alpha value is -1.50. The number of hydrogen-bond donors (Lipinski definition) is 2. The van der Waals surface area contributed by atoms with Gasteiger partial charge >= 0.3 is 5.97 Å². The first-order valence-corrected chi connectivity index (χ1v) is 10.7. The summed E-state index contributed by atoms with van der Waals surface area (Å²) in [5.74, 6) is -1.74. The molecule has 8 atom stereocenters. The molecule has 0 aromatic rings. The molecule has 0 amide bonds. The fourth-order valence-corrected chi connectivity index (χ4v) is 7.79. The number of carboxylic acids is 1. The molecule has 5 aliphatic rings. The summed E-state index contributed by atoms with van der Waals surface area (Å²) in [7, 11) is 0. The second-order valence-electron chi connectivity index (χ2n) is 10.6. The van der Waals surface area contributed by atoms with Crippen LogP contribution in [-0.4, -0.2) is 45.6 Å². The highest BCUT2D eigenvalue weighted by Crippen LogP contribution is 2.70. The van der Waals surface area contributed by atoms with E-state index in [4.69, 9.17) is 9.47 Å². The smallest absolute Gasteiger partial charge is 0.339 e. The van der Waals surface area contributed by atoms with Crippen LogP contribution in [0.2, 0.25) is 0 Å². The average molecular weight is 402 g/mol. The molecule has 4 aliphatic carbocycles. The summed E-state index contributed by atoms with van der Waals surface area (Å²) >= 11 is 0. The number of aliphatic hydroxyl groups is 1. The van der Waals surface area contributed by atoms with Gasteiger partial charge in [0.1, 0.15) is 6.10 Å². The van der Waals surface area contributed by atoms with Crippen LogP contribution in [0.4, 0.5) is 0 Å². The molecule has 0 radical (unpaired) electrons. The summed E-state index contributed by atoms with van der Waals surface area (Å²) in [6.45, 7) is 7.62. The van der Waals surface area contributed by atoms with Gasteiger partial charge < -0.3 is 19.7 Å². The highest BCUT2D eigenvalue weighted by atomic mass is 16.8. The molecule has 1 heterocycles. The molecule has 158 valence electrons. The molecule has 5 rings (SSSR count). The minimum Gasteiger partial charge on any atom is -0.479 e. The Morgan fingerprint density at radius 1 is 1.24 bits per heavy atom. The van der Waals surface area contributed by atoms with Crippen LogP contribution in [0.5, 0.6) is 0 Å². The Kier molecular flexibility index (Phi) is 3.75. The molecule has 1 saturated heterocycles. The molecular weight excluding hydrogens is 372 g/mol. The first-order valence-electron chi connectivity index (χ1n) is 10.7. The van der Waals surface area contributed by atoms with Gasteiger partial charge in [-0.15, -0.1) is 0 Å². The molecule has 29 heavy (non-hydrogen) atoms. The van der Waals surface area contributed by atoms with Gasteiger partial charge in [-0.25, -0.2) is 4.79 Å². The predicted molar refractivity (Wildman–Crippen MR) is 104 cm³/mol. The number of fused-ring (bicyclic) bond motifs is 7. The van der Waals surface area contributed by atoms with Crippen molar-refractivity contribution in [3.8, 4) is 0 Å². The van der Waals surface area contributed by atoms with Gasteiger partial charge in [-0.1, -0.05) is 25.5 Å². The van der Waals surface area contributed by atoms with Crippen LogP contribution < -0.4 is 0 Å². The lowest BCUT2D eigenvalue weighted by molar-refractivity contribution is -0.232. The molecular formula is C23H30O6. The number of aliphatic hydroxyl groups excluding tert-OH is 1. The fourth-order valence-electron chi connectivity index (χ4n) is 7.79. The van der Waals surface area contributed by atoms with E-state index < -0.39 is 35.0 Å². The van der Waals surface area contributed by atoms with E-state index in [0.29, 0.717) is 12.8 Å². The van der Waals surface area contributed by atoms with E-state index in [1.807, 2.05) is 13.0 Å². The molecule has 1 aliphatic heterocycles. The van der Waals surface area contributed by atoms with Crippen molar-refractivity contribution in [2.75, 3.05) is 0 Å². The van der Waals surface area contributed by atoms with Crippen molar-refractivity contribution in [2.45, 2.75) is 77.0 Å². The second kappa shape index (κ2) is 5.59. The number of rotatable bonds is 1. The third kappa shape index (κ3) is 2.23. The van der Waals surface area contributed by atoms with E-state index in [1.54, 1.807) is 26.0 Å². The average Bonchev–Trinajstić information content (AvgIpc) is 3.02. The molecule has 6 heteroatoms. The van der Waals surface area contributed by atoms with E-state index in [9.17, 15) is 19.8 Å². The highest BCUT2D eigenvalue weighted by molar-refractivity contribution is 6.01. The van der Waals surface area contributed by atoms with Crippen LogP contribution in [0.1, 0.15) is 53.4 Å². The Labute approximate surface area is 170 Å². The van der Waals surface area contributed by atoms with Crippen LogP contribution >= 0.6 is 0 Å². The van der Waals surface area contributed by atoms with Crippen molar-refractivity contribution < 1.29 is 29.3 Å². The maximum Gasteiger partial charge on any atom is 0.339 e. The molecule has 0 aromatic carbocycles. The molecule has 0 aromatic heterocycles. The number of hydrogen-bond acceptors (Lipinski definition) is 5. The zero-order valence-electron chi connectivity index (χ0n) is 17.5. The number of ketones is 1. The van der Waals surface area contributed by atoms with Gasteiger partial charge in [0, 0.05) is 16.7 Å². The lowest BCUT2D eigenvalue weighted by Crippen LogP contribution is -2.63. The van der Waals surface area contributed by atoms with Crippen molar-refractivity contribution in [1.29, 1.82) is 0 Å². The molecule has 2 N–H and O–H groups in total. The van der Waals surface area contributed by atoms with Gasteiger partial charge in [0.25, 0.3) is 0 Å². The number of carbonyl (C=O) groups excluding carboxylic acids is 1. The number of ether oxygens (including phenoxy) is 2. The first-order chi connectivity index (χ1) is 13.4. The van der Waals surface area contributed by atoms with Crippen LogP contribution in [0.15, 0.2) is 23.8 Å². The summed E-state index contributed by atoms with van der Waals surface area (Å²) in [6.07, 6.45) is 6.73. The zero-order chi connectivity index (χ0) is 21.0. The monoisotopic (exact) mass is 402 g/mol. The number of carbonyl (C=O) groups is 2. The Morgan fingerprint density at radius 3 is 2.66 bits per heavy atom. The Morgan fingerprint density at radius 2 is 1.97 bits per heavy atom. The SMILES string of the molecule is CC1(C)O[C@@H]2C[C@H]3[C@H]4CCC5=CC(=O)C=C[C@]5(C)[C@H]4[C@H](O)C[C@]3(C)[C@]2(C(=O)O)O1. The lowest BCUT2D eigenvalue weighted by atomic mass is 9.46. The minimum absolute atomic E-state index is 0.00956. The first kappa shape index (κ1) is 19.5. The standard InChI is InChI=1S/C23H30O6/c1-20(2)28-17-10-15-14-6-5-12-9-13(24)7-8-21(12,3)18(14)16(25)11-22(15,4)23(17,29-20)19(26)27/h7-9,14-18,25H,5-6,10-11H2,1-4H3,(H,26,27)/t14-,15+,16-,17-,18-,21+,22+,23+/m1/s1. The van der Waals surface area contributed by atoms with Gasteiger partial charge in [0.2, 0.25) is 0 Å². The second-order valence-corrected chi connectivity index (χ2v) is 10.6. The van der Waals surface area contributed by atoms with Gasteiger partial charge in [0.15, 0.2) is 17.2 Å². The van der Waals surface area contributed by atoms with E-state index in [2.05, 4.69) is 6.92 Å². The Balaban J connectivity index is 1.59. The molecule has 0 spiro atoms. The summed E-state index contributed by atoms with van der Waals surface area (Å²) in [6, 6.07) is 0. The van der Waals surface area contributed by atoms with Crippen molar-refractivity contribution in [3.63, 3.8) is 0 Å². The number of allylic oxidation sites excluding steroid dienone is 4. The predicted octanol–water partition coefficient (Wildman–Crippen LogP) is 2.85. The third-order valence-corrected chi connectivity index (χ3v) is 8.81. The summed E-state index contributed by atoms with van der Waals surface area (Å²) in [4.78, 5) is 24.5. The zero-order valence-corrected chi connectivity index (χ0v) is 17.5. The third-order valence-electron chi connectivity index (χ3n) is 8.81. The maximum absolute atomic E-state index is 12.6. The Bertz CT molecular complexity index is 857. The van der Waals surface area contributed by atoms with Crippen LogP contribution in [0.3, 0.4) is 0 Å². The van der Waals surface area contributed by atoms with Crippen LogP contribution in [0, 0.1) is 28.6 Å². The van der Waals surface area contributed by atoms with Gasteiger partial charge in [-0.3, -0.25) is 4.79 Å². The molecule has 3 saturated carbocycles. The molecule has 0 unspecified atom stereocenters. The van der Waals surface area contributed by atoms with Crippen LogP contribution in [0.25, 0.3) is 0 Å². The van der Waals surface area contributed by atoms with E-state index >= 15 is 0 Å².